The molecule has 0 aromatic heterocycles. The molecule has 0 spiro atoms. The van der Waals surface area contributed by atoms with Gasteiger partial charge in [0.15, 0.2) is 0 Å². The normalized spacial score (nSPS) is 9.50. The van der Waals surface area contributed by atoms with E-state index in [0.29, 0.717) is 16.9 Å². The molecule has 0 bridgehead atoms. The van der Waals surface area contributed by atoms with Gasteiger partial charge in [-0.15, -0.1) is 0 Å². The zero-order valence-electron chi connectivity index (χ0n) is 6.89. The molecule has 0 fully saturated rings. The summed E-state index contributed by atoms with van der Waals surface area (Å²) < 4.78 is 13.1. The third-order valence-corrected chi connectivity index (χ3v) is 1.62. The first-order valence-corrected chi connectivity index (χ1v) is 3.57. The average Bonchev–Trinajstić information content (AvgIpc) is 2.08. The topological polar surface area (TPSA) is 38.0 Å². The van der Waals surface area contributed by atoms with Gasteiger partial charge in [0.1, 0.15) is 5.82 Å². The first-order valence-electron chi connectivity index (χ1n) is 3.57. The van der Waals surface area contributed by atoms with E-state index in [1.165, 1.54) is 12.1 Å². The predicted octanol–water partition coefficient (Wildman–Crippen LogP) is 1.60. The van der Waals surface area contributed by atoms with Crippen LogP contribution < -0.4 is 11.1 Å². The van der Waals surface area contributed by atoms with Gasteiger partial charge in [-0.25, -0.2) is 4.39 Å². The van der Waals surface area contributed by atoms with E-state index >= 15 is 0 Å². The predicted molar refractivity (Wildman–Crippen MR) is 48.9 cm³/mol. The number of hydrogen-bond donors (Lipinski definition) is 2. The van der Waals surface area contributed by atoms with Gasteiger partial charge < -0.3 is 11.1 Å². The van der Waals surface area contributed by atoms with Gasteiger partial charge in [0, 0.05) is 24.0 Å². The van der Waals surface area contributed by atoms with Crippen LogP contribution in [0.4, 0.5) is 10.1 Å². The summed E-state index contributed by atoms with van der Waals surface area (Å²) in [5.41, 5.74) is 6.96. The van der Waals surface area contributed by atoms with Crippen LogP contribution in [0.2, 0.25) is 0 Å². The van der Waals surface area contributed by atoms with Crippen molar-refractivity contribution < 1.29 is 4.39 Å². The lowest BCUT2D eigenvalue weighted by molar-refractivity contribution is 0.623. The number of nitrogen functional groups attached to an aromatic ring is 1. The largest absolute Gasteiger partial charge is 0.399 e. The van der Waals surface area contributed by atoms with Crippen molar-refractivity contribution in [3.63, 3.8) is 0 Å². The minimum absolute atomic E-state index is 0.316. The number of halogens is 1. The number of anilines is 1. The molecule has 0 radical (unpaired) electrons. The molecular formula is C9H11FN2. The summed E-state index contributed by atoms with van der Waals surface area (Å²) >= 11 is 0. The van der Waals surface area contributed by atoms with Gasteiger partial charge in [0.05, 0.1) is 0 Å². The van der Waals surface area contributed by atoms with Gasteiger partial charge in [-0.1, -0.05) is 6.58 Å². The highest BCUT2D eigenvalue weighted by Gasteiger charge is 2.03. The number of nitrogens with two attached hydrogens (primary N) is 1. The van der Waals surface area contributed by atoms with Crippen molar-refractivity contribution in [2.75, 3.05) is 12.8 Å². The van der Waals surface area contributed by atoms with Crippen LogP contribution in [-0.2, 0) is 0 Å². The molecule has 0 heterocycles. The number of rotatable bonds is 2. The summed E-state index contributed by atoms with van der Waals surface area (Å²) in [5, 5.41) is 2.76. The third kappa shape index (κ3) is 1.56. The fourth-order valence-corrected chi connectivity index (χ4v) is 0.909. The Morgan fingerprint density at radius 2 is 2.25 bits per heavy atom. The molecule has 0 unspecified atom stereocenters. The summed E-state index contributed by atoms with van der Waals surface area (Å²) in [5.74, 6) is -0.316. The Bertz CT molecular complexity index is 307. The molecule has 0 atom stereocenters. The molecule has 1 rings (SSSR count). The van der Waals surface area contributed by atoms with Crippen LogP contribution in [0.1, 0.15) is 5.56 Å². The second kappa shape index (κ2) is 3.26. The summed E-state index contributed by atoms with van der Waals surface area (Å²) in [6, 6.07) is 4.39. The molecular weight excluding hydrogens is 155 g/mol. The van der Waals surface area contributed by atoms with Crippen molar-refractivity contribution in [1.82, 2.24) is 5.32 Å². The zero-order chi connectivity index (χ0) is 9.14. The maximum atomic E-state index is 13.1. The highest BCUT2D eigenvalue weighted by molar-refractivity contribution is 5.65. The van der Waals surface area contributed by atoms with E-state index in [2.05, 4.69) is 11.9 Å². The summed E-state index contributed by atoms with van der Waals surface area (Å²) in [4.78, 5) is 0. The second-order valence-corrected chi connectivity index (χ2v) is 2.47. The molecule has 3 heteroatoms. The molecule has 1 aromatic carbocycles. The van der Waals surface area contributed by atoms with Crippen molar-refractivity contribution in [3.05, 3.63) is 36.2 Å². The summed E-state index contributed by atoms with van der Waals surface area (Å²) in [6.07, 6.45) is 0. The number of hydrogen-bond acceptors (Lipinski definition) is 2. The lowest BCUT2D eigenvalue weighted by Gasteiger charge is -2.06. The summed E-state index contributed by atoms with van der Waals surface area (Å²) in [7, 11) is 1.69. The Kier molecular flexibility index (Phi) is 2.33. The van der Waals surface area contributed by atoms with Crippen molar-refractivity contribution in [2.24, 2.45) is 0 Å². The van der Waals surface area contributed by atoms with E-state index in [-0.39, 0.29) is 5.82 Å². The maximum Gasteiger partial charge on any atom is 0.132 e. The van der Waals surface area contributed by atoms with Crippen LogP contribution in [0.5, 0.6) is 0 Å². The van der Waals surface area contributed by atoms with Gasteiger partial charge in [0.2, 0.25) is 0 Å². The molecule has 1 aromatic rings. The Morgan fingerprint density at radius 3 is 2.83 bits per heavy atom. The monoisotopic (exact) mass is 166 g/mol. The van der Waals surface area contributed by atoms with Crippen molar-refractivity contribution in [1.29, 1.82) is 0 Å². The van der Waals surface area contributed by atoms with Gasteiger partial charge in [-0.2, -0.15) is 0 Å². The van der Waals surface area contributed by atoms with Crippen molar-refractivity contribution in [2.45, 2.75) is 0 Å². The van der Waals surface area contributed by atoms with Crippen LogP contribution >= 0.6 is 0 Å². The first-order chi connectivity index (χ1) is 5.65. The third-order valence-electron chi connectivity index (χ3n) is 1.62. The molecule has 3 N–H and O–H groups in total. The van der Waals surface area contributed by atoms with E-state index in [9.17, 15) is 4.39 Å². The van der Waals surface area contributed by atoms with Crippen LogP contribution in [0.15, 0.2) is 24.8 Å². The van der Waals surface area contributed by atoms with Crippen LogP contribution in [0.25, 0.3) is 5.70 Å². The molecule has 64 valence electrons. The molecule has 0 aliphatic rings. The highest BCUT2D eigenvalue weighted by atomic mass is 19.1. The second-order valence-electron chi connectivity index (χ2n) is 2.47. The highest BCUT2D eigenvalue weighted by Crippen LogP contribution is 2.17. The van der Waals surface area contributed by atoms with E-state index in [1.807, 2.05) is 0 Å². The number of benzene rings is 1. The standard InChI is InChI=1S/C9H11FN2/c1-6(12-2)8-5-7(11)3-4-9(8)10/h3-5,12H,1,11H2,2H3. The molecule has 12 heavy (non-hydrogen) atoms. The van der Waals surface area contributed by atoms with Crippen molar-refractivity contribution in [3.8, 4) is 0 Å². The van der Waals surface area contributed by atoms with E-state index < -0.39 is 0 Å². The zero-order valence-corrected chi connectivity index (χ0v) is 6.89. The van der Waals surface area contributed by atoms with E-state index in [0.717, 1.165) is 0 Å². The fraction of sp³-hybridized carbons (Fsp3) is 0.111. The van der Waals surface area contributed by atoms with Crippen LogP contribution in [0.3, 0.4) is 0 Å². The molecule has 0 saturated heterocycles. The average molecular weight is 166 g/mol. The molecule has 0 saturated carbocycles. The van der Waals surface area contributed by atoms with Gasteiger partial charge in [-0.05, 0) is 18.2 Å². The first kappa shape index (κ1) is 8.59. The van der Waals surface area contributed by atoms with E-state index in [1.54, 1.807) is 13.1 Å². The molecule has 0 aliphatic heterocycles. The van der Waals surface area contributed by atoms with E-state index in [4.69, 9.17) is 5.73 Å². The fourth-order valence-electron chi connectivity index (χ4n) is 0.909. The SMILES string of the molecule is C=C(NC)c1cc(N)ccc1F. The lowest BCUT2D eigenvalue weighted by Crippen LogP contribution is -2.05. The van der Waals surface area contributed by atoms with Crippen LogP contribution in [-0.4, -0.2) is 7.05 Å². The lowest BCUT2D eigenvalue weighted by atomic mass is 10.1. The smallest absolute Gasteiger partial charge is 0.132 e. The molecule has 2 nitrogen and oxygen atoms in total. The Hall–Kier alpha value is -1.51. The minimum atomic E-state index is -0.316. The van der Waals surface area contributed by atoms with Crippen molar-refractivity contribution >= 4 is 11.4 Å². The van der Waals surface area contributed by atoms with Gasteiger partial charge >= 0.3 is 0 Å². The molecule has 0 aliphatic carbocycles. The van der Waals surface area contributed by atoms with Crippen LogP contribution in [0, 0.1) is 5.82 Å². The molecule has 0 amide bonds. The quantitative estimate of drug-likeness (QED) is 0.655. The number of nitrogens with one attached hydrogen (secondary N) is 1. The maximum absolute atomic E-state index is 13.1. The van der Waals surface area contributed by atoms with Gasteiger partial charge in [-0.3, -0.25) is 0 Å². The summed E-state index contributed by atoms with van der Waals surface area (Å²) in [6.45, 7) is 3.64. The Morgan fingerprint density at radius 1 is 1.58 bits per heavy atom. The minimum Gasteiger partial charge on any atom is -0.399 e. The Balaban J connectivity index is 3.13. The van der Waals surface area contributed by atoms with Gasteiger partial charge in [0.25, 0.3) is 0 Å². The Labute approximate surface area is 70.9 Å².